The van der Waals surface area contributed by atoms with Crippen molar-refractivity contribution in [3.8, 4) is 0 Å². The zero-order chi connectivity index (χ0) is 21.0. The normalized spacial score (nSPS) is 11.8. The summed E-state index contributed by atoms with van der Waals surface area (Å²) in [6, 6.07) is 40.9. The van der Waals surface area contributed by atoms with Gasteiger partial charge >= 0.3 is 0 Å². The largest absolute Gasteiger partial charge is 0.298 e. The summed E-state index contributed by atoms with van der Waals surface area (Å²) in [4.78, 5) is 0. The first-order valence-corrected chi connectivity index (χ1v) is 12.0. The number of nitrogens with zero attached hydrogens (tertiary/aromatic N) is 2. The summed E-state index contributed by atoms with van der Waals surface area (Å²) in [6.45, 7) is 0. The van der Waals surface area contributed by atoms with E-state index in [1.165, 1.54) is 21.6 Å². The number of hydrogen-bond acceptors (Lipinski definition) is 1. The zero-order valence-electron chi connectivity index (χ0n) is 17.8. The van der Waals surface area contributed by atoms with Crippen molar-refractivity contribution >= 4 is 34.3 Å². The van der Waals surface area contributed by atoms with Crippen molar-refractivity contribution in [3.05, 3.63) is 115 Å². The van der Waals surface area contributed by atoms with Crippen LogP contribution < -0.4 is 20.4 Å². The highest BCUT2D eigenvalue weighted by Crippen LogP contribution is 2.49. The summed E-state index contributed by atoms with van der Waals surface area (Å²) in [7, 11) is 4.33. The van der Waals surface area contributed by atoms with Crippen molar-refractivity contribution in [1.29, 1.82) is 0 Å². The SMILES string of the molecule is C[N+](C)(C)c1ccc(N=P(c2ccccc2)(c2ccccc2)c2ccccc2)cc1. The van der Waals surface area contributed by atoms with Crippen molar-refractivity contribution in [2.75, 3.05) is 21.1 Å². The Morgan fingerprint density at radius 2 is 0.867 bits per heavy atom. The molecule has 0 heterocycles. The fourth-order valence-corrected chi connectivity index (χ4v) is 7.22. The molecule has 0 bridgehead atoms. The quantitative estimate of drug-likeness (QED) is 0.295. The predicted molar refractivity (Wildman–Crippen MR) is 133 cm³/mol. The van der Waals surface area contributed by atoms with E-state index in [1.54, 1.807) is 0 Å². The molecule has 2 nitrogen and oxygen atoms in total. The first-order chi connectivity index (χ1) is 14.5. The Morgan fingerprint density at radius 3 is 1.20 bits per heavy atom. The van der Waals surface area contributed by atoms with Crippen molar-refractivity contribution < 1.29 is 0 Å². The van der Waals surface area contributed by atoms with Gasteiger partial charge in [0.25, 0.3) is 0 Å². The molecule has 4 aromatic rings. The van der Waals surface area contributed by atoms with Gasteiger partial charge in [0, 0.05) is 28.0 Å². The first-order valence-electron chi connectivity index (χ1n) is 10.2. The van der Waals surface area contributed by atoms with Gasteiger partial charge in [0.15, 0.2) is 0 Å². The summed E-state index contributed by atoms with van der Waals surface area (Å²) < 4.78 is 6.32. The monoisotopic (exact) mass is 411 g/mol. The highest BCUT2D eigenvalue weighted by molar-refractivity contribution is 7.87. The van der Waals surface area contributed by atoms with E-state index in [0.717, 1.165) is 10.2 Å². The molecule has 0 aromatic heterocycles. The van der Waals surface area contributed by atoms with Crippen molar-refractivity contribution in [2.45, 2.75) is 0 Å². The lowest BCUT2D eigenvalue weighted by Crippen LogP contribution is -2.34. The Morgan fingerprint density at radius 1 is 0.500 bits per heavy atom. The van der Waals surface area contributed by atoms with Crippen LogP contribution in [-0.4, -0.2) is 21.1 Å². The number of quaternary nitrogens is 1. The fourth-order valence-electron chi connectivity index (χ4n) is 3.69. The van der Waals surface area contributed by atoms with Crippen LogP contribution in [0.15, 0.2) is 120 Å². The van der Waals surface area contributed by atoms with Crippen LogP contribution in [-0.2, 0) is 0 Å². The minimum absolute atomic E-state index is 0.788. The molecule has 0 aliphatic heterocycles. The van der Waals surface area contributed by atoms with Gasteiger partial charge in [0.05, 0.1) is 33.9 Å². The van der Waals surface area contributed by atoms with Gasteiger partial charge in [-0.15, -0.1) is 0 Å². The Kier molecular flexibility index (Phi) is 5.72. The summed E-state index contributed by atoms with van der Waals surface area (Å²) in [5.74, 6) is 0. The van der Waals surface area contributed by atoms with E-state index in [1.807, 2.05) is 0 Å². The van der Waals surface area contributed by atoms with E-state index >= 15 is 0 Å². The fraction of sp³-hybridized carbons (Fsp3) is 0.111. The van der Waals surface area contributed by atoms with Crippen LogP contribution in [0.5, 0.6) is 0 Å². The molecule has 0 saturated heterocycles. The van der Waals surface area contributed by atoms with Gasteiger partial charge in [0.2, 0.25) is 0 Å². The maximum atomic E-state index is 5.53. The maximum Gasteiger partial charge on any atom is 0.132 e. The van der Waals surface area contributed by atoms with E-state index in [0.29, 0.717) is 0 Å². The molecule has 4 aromatic carbocycles. The van der Waals surface area contributed by atoms with Gasteiger partial charge in [-0.2, -0.15) is 0 Å². The smallest absolute Gasteiger partial charge is 0.132 e. The van der Waals surface area contributed by atoms with Gasteiger partial charge in [-0.1, -0.05) is 91.0 Å². The van der Waals surface area contributed by atoms with Gasteiger partial charge in [0.1, 0.15) is 5.69 Å². The standard InChI is InChI=1S/C27H28N2P/c1-29(2,3)24-21-19-23(20-22-24)28-30(25-13-7-4-8-14-25,26-15-9-5-10-16-26)27-17-11-6-12-18-27/h4-22H,1-3H3/q+1. The minimum atomic E-state index is -2.21. The van der Waals surface area contributed by atoms with Gasteiger partial charge in [-0.25, -0.2) is 0 Å². The Hall–Kier alpha value is -2.93. The molecular formula is C27H28N2P+. The van der Waals surface area contributed by atoms with E-state index in [2.05, 4.69) is 136 Å². The Bertz CT molecular complexity index is 1040. The summed E-state index contributed by atoms with van der Waals surface area (Å²) in [5, 5.41) is 3.79. The molecule has 0 atom stereocenters. The third kappa shape index (κ3) is 4.03. The second-order valence-corrected chi connectivity index (χ2v) is 11.3. The second kappa shape index (κ2) is 8.44. The number of rotatable bonds is 5. The van der Waals surface area contributed by atoms with E-state index in [-0.39, 0.29) is 0 Å². The van der Waals surface area contributed by atoms with Gasteiger partial charge in [-0.05, 0) is 12.1 Å². The average molecular weight is 412 g/mol. The van der Waals surface area contributed by atoms with E-state index < -0.39 is 7.05 Å². The highest BCUT2D eigenvalue weighted by Gasteiger charge is 2.27. The third-order valence-electron chi connectivity index (χ3n) is 5.28. The lowest BCUT2D eigenvalue weighted by molar-refractivity contribution is 0.486. The molecule has 0 radical (unpaired) electrons. The number of hydrogen-bond donors (Lipinski definition) is 0. The number of benzene rings is 4. The maximum absolute atomic E-state index is 5.53. The van der Waals surface area contributed by atoms with Crippen LogP contribution in [0.1, 0.15) is 0 Å². The Labute approximate surface area is 180 Å². The van der Waals surface area contributed by atoms with Crippen LogP contribution in [0.4, 0.5) is 11.4 Å². The molecule has 0 spiro atoms. The van der Waals surface area contributed by atoms with Crippen molar-refractivity contribution in [2.24, 2.45) is 4.74 Å². The van der Waals surface area contributed by atoms with Crippen LogP contribution >= 0.6 is 7.05 Å². The molecule has 0 aliphatic carbocycles. The zero-order valence-corrected chi connectivity index (χ0v) is 18.7. The topological polar surface area (TPSA) is 12.4 Å². The molecule has 0 aliphatic rings. The van der Waals surface area contributed by atoms with Gasteiger partial charge < -0.3 is 0 Å². The lowest BCUT2D eigenvalue weighted by Gasteiger charge is -2.27. The molecule has 0 N–H and O–H groups in total. The highest BCUT2D eigenvalue weighted by atomic mass is 31.2. The average Bonchev–Trinajstić information content (AvgIpc) is 2.79. The van der Waals surface area contributed by atoms with E-state index in [4.69, 9.17) is 4.74 Å². The van der Waals surface area contributed by atoms with Gasteiger partial charge in [-0.3, -0.25) is 9.23 Å². The molecule has 0 unspecified atom stereocenters. The predicted octanol–water partition coefficient (Wildman–Crippen LogP) is 5.69. The summed E-state index contributed by atoms with van der Waals surface area (Å²) in [6.07, 6.45) is 0. The van der Waals surface area contributed by atoms with Crippen LogP contribution in [0, 0.1) is 0 Å². The molecule has 0 amide bonds. The summed E-state index contributed by atoms with van der Waals surface area (Å²) in [5.41, 5.74) is 2.27. The van der Waals surface area contributed by atoms with Crippen LogP contribution in [0.25, 0.3) is 0 Å². The second-order valence-electron chi connectivity index (χ2n) is 8.27. The van der Waals surface area contributed by atoms with Crippen LogP contribution in [0.2, 0.25) is 0 Å². The first kappa shape index (κ1) is 20.3. The lowest BCUT2D eigenvalue weighted by atomic mass is 10.2. The van der Waals surface area contributed by atoms with Crippen molar-refractivity contribution in [3.63, 3.8) is 0 Å². The molecule has 3 heteroatoms. The van der Waals surface area contributed by atoms with Crippen molar-refractivity contribution in [1.82, 2.24) is 4.48 Å². The van der Waals surface area contributed by atoms with E-state index in [9.17, 15) is 0 Å². The minimum Gasteiger partial charge on any atom is -0.298 e. The Balaban J connectivity index is 2.04. The third-order valence-corrected chi connectivity index (χ3v) is 8.95. The molecule has 150 valence electrons. The molecule has 30 heavy (non-hydrogen) atoms. The molecule has 0 saturated carbocycles. The molecule has 4 rings (SSSR count). The molecule has 0 fully saturated rings. The molecular weight excluding hydrogens is 383 g/mol. The summed E-state index contributed by atoms with van der Waals surface area (Å²) >= 11 is 0. The van der Waals surface area contributed by atoms with Crippen LogP contribution in [0.3, 0.4) is 0 Å².